The van der Waals surface area contributed by atoms with E-state index in [0.717, 1.165) is 19.1 Å². The first-order valence-corrected chi connectivity index (χ1v) is 6.64. The van der Waals surface area contributed by atoms with Gasteiger partial charge in [0.2, 0.25) is 0 Å². The number of hydrogen-bond donors (Lipinski definition) is 1. The summed E-state index contributed by atoms with van der Waals surface area (Å²) >= 11 is 0. The summed E-state index contributed by atoms with van der Waals surface area (Å²) in [6.07, 6.45) is 8.83. The second kappa shape index (κ2) is 5.50. The summed E-state index contributed by atoms with van der Waals surface area (Å²) in [6, 6.07) is 0.772. The van der Waals surface area contributed by atoms with Crippen LogP contribution in [0, 0.1) is 5.92 Å². The molecule has 0 amide bonds. The summed E-state index contributed by atoms with van der Waals surface area (Å²) < 4.78 is 2.18. The number of hydrogen-bond acceptors (Lipinski definition) is 2. The fourth-order valence-electron chi connectivity index (χ4n) is 1.88. The molecule has 1 N–H and O–H groups in total. The fourth-order valence-corrected chi connectivity index (χ4v) is 1.88. The molecule has 0 atom stereocenters. The third-order valence-electron chi connectivity index (χ3n) is 3.33. The van der Waals surface area contributed by atoms with E-state index < -0.39 is 0 Å². The standard InChI is InChI=1S/C14H23N3/c1-4-17-10-15-9-14(17)7-12(11(2)3)8-16-13-5-6-13/h7,9-11,13,16H,4-6,8H2,1-3H3. The molecule has 2 rings (SSSR count). The maximum absolute atomic E-state index is 4.21. The number of imidazole rings is 1. The highest BCUT2D eigenvalue weighted by molar-refractivity contribution is 5.49. The Kier molecular flexibility index (Phi) is 4.00. The lowest BCUT2D eigenvalue weighted by Gasteiger charge is -2.13. The predicted molar refractivity (Wildman–Crippen MR) is 71.7 cm³/mol. The number of aromatic nitrogens is 2. The Labute approximate surface area is 104 Å². The molecule has 1 heterocycles. The average molecular weight is 233 g/mol. The molecule has 3 nitrogen and oxygen atoms in total. The molecule has 0 bridgehead atoms. The van der Waals surface area contributed by atoms with Gasteiger partial charge in [-0.2, -0.15) is 0 Å². The van der Waals surface area contributed by atoms with Crippen molar-refractivity contribution in [1.29, 1.82) is 0 Å². The zero-order valence-corrected chi connectivity index (χ0v) is 11.1. The van der Waals surface area contributed by atoms with E-state index in [1.807, 2.05) is 12.5 Å². The molecule has 1 fully saturated rings. The number of aryl methyl sites for hydroxylation is 1. The monoisotopic (exact) mass is 233 g/mol. The smallest absolute Gasteiger partial charge is 0.0950 e. The lowest BCUT2D eigenvalue weighted by atomic mass is 10.0. The van der Waals surface area contributed by atoms with Crippen molar-refractivity contribution in [3.05, 3.63) is 23.8 Å². The van der Waals surface area contributed by atoms with Gasteiger partial charge < -0.3 is 9.88 Å². The van der Waals surface area contributed by atoms with Crippen LogP contribution in [0.2, 0.25) is 0 Å². The highest BCUT2D eigenvalue weighted by Crippen LogP contribution is 2.20. The number of nitrogens with one attached hydrogen (secondary N) is 1. The van der Waals surface area contributed by atoms with Gasteiger partial charge in [-0.3, -0.25) is 0 Å². The van der Waals surface area contributed by atoms with E-state index in [2.05, 4.69) is 41.7 Å². The van der Waals surface area contributed by atoms with Crippen LogP contribution in [0.3, 0.4) is 0 Å². The third-order valence-corrected chi connectivity index (χ3v) is 3.33. The van der Waals surface area contributed by atoms with E-state index in [1.165, 1.54) is 24.1 Å². The molecule has 3 heteroatoms. The molecule has 0 radical (unpaired) electrons. The molecule has 1 aromatic rings. The minimum Gasteiger partial charge on any atom is -0.331 e. The maximum Gasteiger partial charge on any atom is 0.0950 e. The molecule has 0 spiro atoms. The van der Waals surface area contributed by atoms with Crippen molar-refractivity contribution in [2.75, 3.05) is 6.54 Å². The lowest BCUT2D eigenvalue weighted by Crippen LogP contribution is -2.21. The highest BCUT2D eigenvalue weighted by Gasteiger charge is 2.20. The van der Waals surface area contributed by atoms with E-state index in [-0.39, 0.29) is 0 Å². The van der Waals surface area contributed by atoms with E-state index in [1.54, 1.807) is 0 Å². The lowest BCUT2D eigenvalue weighted by molar-refractivity contribution is 0.661. The largest absolute Gasteiger partial charge is 0.331 e. The second-order valence-corrected chi connectivity index (χ2v) is 5.13. The van der Waals surface area contributed by atoms with Gasteiger partial charge in [0, 0.05) is 19.1 Å². The van der Waals surface area contributed by atoms with E-state index in [9.17, 15) is 0 Å². The van der Waals surface area contributed by atoms with Crippen LogP contribution in [-0.2, 0) is 6.54 Å². The summed E-state index contributed by atoms with van der Waals surface area (Å²) in [7, 11) is 0. The average Bonchev–Trinajstić information content (AvgIpc) is 3.02. The topological polar surface area (TPSA) is 29.9 Å². The first kappa shape index (κ1) is 12.4. The summed E-state index contributed by atoms with van der Waals surface area (Å²) in [5.74, 6) is 0.585. The Morgan fingerprint density at radius 3 is 2.94 bits per heavy atom. The predicted octanol–water partition coefficient (Wildman–Crippen LogP) is 2.69. The summed E-state index contributed by atoms with van der Waals surface area (Å²) in [4.78, 5) is 4.21. The van der Waals surface area contributed by atoms with Crippen molar-refractivity contribution >= 4 is 6.08 Å². The van der Waals surface area contributed by atoms with E-state index in [0.29, 0.717) is 5.92 Å². The second-order valence-electron chi connectivity index (χ2n) is 5.13. The molecule has 1 aliphatic carbocycles. The summed E-state index contributed by atoms with van der Waals surface area (Å²) in [6.45, 7) is 8.65. The Hall–Kier alpha value is -1.09. The van der Waals surface area contributed by atoms with Gasteiger partial charge >= 0.3 is 0 Å². The molecule has 1 aliphatic rings. The first-order chi connectivity index (χ1) is 8.20. The van der Waals surface area contributed by atoms with Crippen LogP contribution in [0.25, 0.3) is 6.08 Å². The quantitative estimate of drug-likeness (QED) is 0.818. The molecule has 0 aromatic carbocycles. The normalized spacial score (nSPS) is 16.8. The van der Waals surface area contributed by atoms with Crippen molar-refractivity contribution in [1.82, 2.24) is 14.9 Å². The molecule has 0 unspecified atom stereocenters. The molecule has 94 valence electrons. The maximum atomic E-state index is 4.21. The van der Waals surface area contributed by atoms with Crippen molar-refractivity contribution in [3.8, 4) is 0 Å². The van der Waals surface area contributed by atoms with Crippen molar-refractivity contribution in [2.45, 2.75) is 46.2 Å². The zero-order chi connectivity index (χ0) is 12.3. The van der Waals surface area contributed by atoms with Gasteiger partial charge in [0.1, 0.15) is 0 Å². The molecule has 1 aromatic heterocycles. The molecular weight excluding hydrogens is 210 g/mol. The van der Waals surface area contributed by atoms with Gasteiger partial charge in [-0.05, 0) is 31.8 Å². The first-order valence-electron chi connectivity index (χ1n) is 6.64. The van der Waals surface area contributed by atoms with Crippen LogP contribution < -0.4 is 5.32 Å². The van der Waals surface area contributed by atoms with Gasteiger partial charge in [-0.25, -0.2) is 4.98 Å². The van der Waals surface area contributed by atoms with Crippen LogP contribution in [-0.4, -0.2) is 22.1 Å². The van der Waals surface area contributed by atoms with Crippen molar-refractivity contribution in [2.24, 2.45) is 5.92 Å². The summed E-state index contributed by atoms with van der Waals surface area (Å²) in [5.41, 5.74) is 2.68. The van der Waals surface area contributed by atoms with Crippen LogP contribution in [0.5, 0.6) is 0 Å². The minimum atomic E-state index is 0.585. The van der Waals surface area contributed by atoms with Crippen LogP contribution >= 0.6 is 0 Å². The van der Waals surface area contributed by atoms with Crippen LogP contribution in [0.4, 0.5) is 0 Å². The zero-order valence-electron chi connectivity index (χ0n) is 11.1. The van der Waals surface area contributed by atoms with Gasteiger partial charge in [-0.15, -0.1) is 0 Å². The molecule has 0 saturated heterocycles. The fraction of sp³-hybridized carbons (Fsp3) is 0.643. The SMILES string of the molecule is CCn1cncc1C=C(CNC1CC1)C(C)C. The molecule has 17 heavy (non-hydrogen) atoms. The van der Waals surface area contributed by atoms with Gasteiger partial charge in [0.25, 0.3) is 0 Å². The van der Waals surface area contributed by atoms with Gasteiger partial charge in [0.15, 0.2) is 0 Å². The van der Waals surface area contributed by atoms with Crippen molar-refractivity contribution < 1.29 is 0 Å². The Balaban J connectivity index is 2.07. The Bertz CT molecular complexity index is 386. The highest BCUT2D eigenvalue weighted by atomic mass is 15.0. The number of rotatable bonds is 6. The Morgan fingerprint density at radius 1 is 1.59 bits per heavy atom. The van der Waals surface area contributed by atoms with Crippen LogP contribution in [0.15, 0.2) is 18.1 Å². The minimum absolute atomic E-state index is 0.585. The van der Waals surface area contributed by atoms with Gasteiger partial charge in [-0.1, -0.05) is 19.4 Å². The Morgan fingerprint density at radius 2 is 2.35 bits per heavy atom. The van der Waals surface area contributed by atoms with E-state index >= 15 is 0 Å². The summed E-state index contributed by atoms with van der Waals surface area (Å²) in [5, 5.41) is 3.59. The van der Waals surface area contributed by atoms with Crippen LogP contribution in [0.1, 0.15) is 39.3 Å². The molecule has 1 saturated carbocycles. The number of nitrogens with zero attached hydrogens (tertiary/aromatic N) is 2. The van der Waals surface area contributed by atoms with Gasteiger partial charge in [0.05, 0.1) is 18.2 Å². The van der Waals surface area contributed by atoms with Crippen molar-refractivity contribution in [3.63, 3.8) is 0 Å². The third kappa shape index (κ3) is 3.43. The molecular formula is C14H23N3. The van der Waals surface area contributed by atoms with E-state index in [4.69, 9.17) is 0 Å². The molecule has 0 aliphatic heterocycles.